The molecule has 0 bridgehead atoms. The molecule has 162 valence electrons. The highest BCUT2D eigenvalue weighted by atomic mass is 32.2. The van der Waals surface area contributed by atoms with Gasteiger partial charge in [-0.2, -0.15) is 8.42 Å². The van der Waals surface area contributed by atoms with Crippen molar-refractivity contribution in [3.8, 4) is 5.75 Å². The minimum atomic E-state index is -4.00. The first-order valence-corrected chi connectivity index (χ1v) is 11.6. The number of amides is 2. The number of hydrogen-bond donors (Lipinski definition) is 1. The molecule has 0 radical (unpaired) electrons. The Kier molecular flexibility index (Phi) is 7.13. The van der Waals surface area contributed by atoms with Gasteiger partial charge >= 0.3 is 0 Å². The molecule has 0 aromatic heterocycles. The Bertz CT molecular complexity index is 1120. The van der Waals surface area contributed by atoms with E-state index in [2.05, 4.69) is 16.3 Å². The normalized spacial score (nSPS) is 17.6. The van der Waals surface area contributed by atoms with E-state index in [-0.39, 0.29) is 28.9 Å². The summed E-state index contributed by atoms with van der Waals surface area (Å²) < 4.78 is 34.2. The van der Waals surface area contributed by atoms with Gasteiger partial charge in [0.1, 0.15) is 11.0 Å². The topological polar surface area (TPSA) is 105 Å². The molecule has 1 heterocycles. The summed E-state index contributed by atoms with van der Waals surface area (Å²) in [5.41, 5.74) is 0.531. The standard InChI is InChI=1S/C21H21N3O5S2/c1-3-12-24-20(26)18(14-19(25)22-15-8-7-9-16(13-15)29-2)30-21(24)23-31(27,28)17-10-5-4-6-11-17/h3-11,13,18H,1,12,14H2,2H3,(H,22,25)/t18-/m0/s1. The van der Waals surface area contributed by atoms with Crippen LogP contribution in [0.2, 0.25) is 0 Å². The summed E-state index contributed by atoms with van der Waals surface area (Å²) in [6, 6.07) is 14.6. The van der Waals surface area contributed by atoms with E-state index in [1.165, 1.54) is 30.2 Å². The quantitative estimate of drug-likeness (QED) is 0.609. The average Bonchev–Trinajstić information content (AvgIpc) is 3.03. The molecule has 1 aliphatic rings. The van der Waals surface area contributed by atoms with Crippen LogP contribution in [0.5, 0.6) is 5.75 Å². The van der Waals surface area contributed by atoms with Gasteiger partial charge in [0.25, 0.3) is 10.0 Å². The third-order valence-electron chi connectivity index (χ3n) is 4.30. The molecule has 1 N–H and O–H groups in total. The molecule has 10 heteroatoms. The SMILES string of the molecule is C=CCN1C(=O)[C@H](CC(=O)Nc2cccc(OC)c2)SC1=NS(=O)(=O)c1ccccc1. The van der Waals surface area contributed by atoms with Crippen molar-refractivity contribution < 1.29 is 22.7 Å². The number of ether oxygens (including phenoxy) is 1. The molecule has 0 spiro atoms. The van der Waals surface area contributed by atoms with Crippen molar-refractivity contribution in [3.63, 3.8) is 0 Å². The molecule has 1 fully saturated rings. The largest absolute Gasteiger partial charge is 0.497 e. The summed E-state index contributed by atoms with van der Waals surface area (Å²) in [6.07, 6.45) is 1.33. The van der Waals surface area contributed by atoms with Gasteiger partial charge < -0.3 is 10.1 Å². The van der Waals surface area contributed by atoms with Gasteiger partial charge in [-0.25, -0.2) is 0 Å². The van der Waals surface area contributed by atoms with E-state index < -0.39 is 21.2 Å². The second kappa shape index (κ2) is 9.80. The van der Waals surface area contributed by atoms with Gasteiger partial charge in [-0.1, -0.05) is 42.1 Å². The Labute approximate surface area is 185 Å². The summed E-state index contributed by atoms with van der Waals surface area (Å²) in [6.45, 7) is 3.69. The first-order chi connectivity index (χ1) is 14.8. The van der Waals surface area contributed by atoms with Crippen LogP contribution in [0.15, 0.2) is 76.5 Å². The number of rotatable bonds is 8. The predicted octanol–water partition coefficient (Wildman–Crippen LogP) is 2.90. The monoisotopic (exact) mass is 459 g/mol. The van der Waals surface area contributed by atoms with Crippen LogP contribution < -0.4 is 10.1 Å². The fourth-order valence-electron chi connectivity index (χ4n) is 2.84. The Balaban J connectivity index is 1.77. The lowest BCUT2D eigenvalue weighted by atomic mass is 10.2. The van der Waals surface area contributed by atoms with Crippen molar-refractivity contribution in [3.05, 3.63) is 67.3 Å². The zero-order chi connectivity index (χ0) is 22.4. The molecule has 1 aliphatic heterocycles. The minimum Gasteiger partial charge on any atom is -0.497 e. The fraction of sp³-hybridized carbons (Fsp3) is 0.190. The van der Waals surface area contributed by atoms with E-state index in [1.54, 1.807) is 42.5 Å². The van der Waals surface area contributed by atoms with Crippen molar-refractivity contribution in [2.45, 2.75) is 16.6 Å². The lowest BCUT2D eigenvalue weighted by Gasteiger charge is -2.13. The number of nitrogens with zero attached hydrogens (tertiary/aromatic N) is 2. The summed E-state index contributed by atoms with van der Waals surface area (Å²) in [5, 5.41) is 1.94. The van der Waals surface area contributed by atoms with Gasteiger partial charge in [-0.05, 0) is 24.3 Å². The van der Waals surface area contributed by atoms with E-state index in [0.717, 1.165) is 11.8 Å². The number of methoxy groups -OCH3 is 1. The van der Waals surface area contributed by atoms with Crippen molar-refractivity contribution in [2.24, 2.45) is 4.40 Å². The van der Waals surface area contributed by atoms with Crippen molar-refractivity contribution in [1.29, 1.82) is 0 Å². The van der Waals surface area contributed by atoms with Crippen LogP contribution in [0.3, 0.4) is 0 Å². The molecule has 2 aromatic carbocycles. The molecular weight excluding hydrogens is 438 g/mol. The number of carbonyl (C=O) groups is 2. The number of sulfonamides is 1. The summed E-state index contributed by atoms with van der Waals surface area (Å²) >= 11 is 0.949. The van der Waals surface area contributed by atoms with Gasteiger partial charge in [0.05, 0.1) is 12.0 Å². The van der Waals surface area contributed by atoms with E-state index in [4.69, 9.17) is 4.74 Å². The Hall–Kier alpha value is -3.11. The van der Waals surface area contributed by atoms with Gasteiger partial charge in [0.15, 0.2) is 5.17 Å². The van der Waals surface area contributed by atoms with Crippen LogP contribution in [0.4, 0.5) is 5.69 Å². The minimum absolute atomic E-state index is 0.0212. The maximum atomic E-state index is 12.8. The highest BCUT2D eigenvalue weighted by Crippen LogP contribution is 2.31. The molecular formula is C21H21N3O5S2. The molecule has 1 atom stereocenters. The van der Waals surface area contributed by atoms with Crippen LogP contribution in [0, 0.1) is 0 Å². The number of benzene rings is 2. The maximum absolute atomic E-state index is 12.8. The van der Waals surface area contributed by atoms with E-state index in [0.29, 0.717) is 11.4 Å². The van der Waals surface area contributed by atoms with E-state index in [9.17, 15) is 18.0 Å². The summed E-state index contributed by atoms with van der Waals surface area (Å²) in [7, 11) is -2.48. The first kappa shape index (κ1) is 22.6. The molecule has 3 rings (SSSR count). The number of carbonyl (C=O) groups excluding carboxylic acids is 2. The van der Waals surface area contributed by atoms with Crippen LogP contribution in [-0.2, 0) is 19.6 Å². The molecule has 2 aromatic rings. The van der Waals surface area contributed by atoms with Crippen LogP contribution in [0.25, 0.3) is 0 Å². The molecule has 0 aliphatic carbocycles. The number of thioether (sulfide) groups is 1. The van der Waals surface area contributed by atoms with Crippen molar-refractivity contribution in [2.75, 3.05) is 19.0 Å². The van der Waals surface area contributed by atoms with Gasteiger partial charge in [-0.3, -0.25) is 14.5 Å². The second-order valence-electron chi connectivity index (χ2n) is 6.49. The Morgan fingerprint density at radius 1 is 1.26 bits per heavy atom. The van der Waals surface area contributed by atoms with Gasteiger partial charge in [-0.15, -0.1) is 11.0 Å². The van der Waals surface area contributed by atoms with Gasteiger partial charge in [0.2, 0.25) is 11.8 Å². The predicted molar refractivity (Wildman–Crippen MR) is 121 cm³/mol. The van der Waals surface area contributed by atoms with Crippen LogP contribution in [0.1, 0.15) is 6.42 Å². The maximum Gasteiger partial charge on any atom is 0.284 e. The Morgan fingerprint density at radius 3 is 2.68 bits per heavy atom. The average molecular weight is 460 g/mol. The number of amidine groups is 1. The molecule has 0 saturated carbocycles. The number of hydrogen-bond acceptors (Lipinski definition) is 6. The number of anilines is 1. The highest BCUT2D eigenvalue weighted by Gasteiger charge is 2.39. The second-order valence-corrected chi connectivity index (χ2v) is 9.26. The van der Waals surface area contributed by atoms with Crippen molar-refractivity contribution >= 4 is 44.5 Å². The third kappa shape index (κ3) is 5.53. The third-order valence-corrected chi connectivity index (χ3v) is 6.87. The van der Waals surface area contributed by atoms with Crippen LogP contribution >= 0.6 is 11.8 Å². The van der Waals surface area contributed by atoms with Crippen LogP contribution in [-0.4, -0.2) is 49.2 Å². The molecule has 8 nitrogen and oxygen atoms in total. The summed E-state index contributed by atoms with van der Waals surface area (Å²) in [5.74, 6) is -0.195. The smallest absolute Gasteiger partial charge is 0.284 e. The number of nitrogens with one attached hydrogen (secondary N) is 1. The summed E-state index contributed by atoms with van der Waals surface area (Å²) in [4.78, 5) is 26.5. The lowest BCUT2D eigenvalue weighted by Crippen LogP contribution is -2.33. The van der Waals surface area contributed by atoms with E-state index in [1.807, 2.05) is 0 Å². The molecule has 2 amide bonds. The Morgan fingerprint density at radius 2 is 2.00 bits per heavy atom. The van der Waals surface area contributed by atoms with E-state index >= 15 is 0 Å². The zero-order valence-corrected chi connectivity index (χ0v) is 18.4. The molecule has 0 unspecified atom stereocenters. The van der Waals surface area contributed by atoms with Gasteiger partial charge in [0, 0.05) is 24.7 Å². The highest BCUT2D eigenvalue weighted by molar-refractivity contribution is 8.16. The molecule has 31 heavy (non-hydrogen) atoms. The first-order valence-electron chi connectivity index (χ1n) is 9.27. The fourth-order valence-corrected chi connectivity index (χ4v) is 5.22. The molecule has 1 saturated heterocycles. The van der Waals surface area contributed by atoms with Crippen molar-refractivity contribution in [1.82, 2.24) is 4.90 Å². The lowest BCUT2D eigenvalue weighted by molar-refractivity contribution is -0.127. The zero-order valence-electron chi connectivity index (χ0n) is 16.7.